The molecule has 1 aromatic carbocycles. The summed E-state index contributed by atoms with van der Waals surface area (Å²) in [4.78, 5) is 1.82. The lowest BCUT2D eigenvalue weighted by Gasteiger charge is -2.25. The third-order valence-corrected chi connectivity index (χ3v) is 6.88. The second-order valence-electron chi connectivity index (χ2n) is 4.91. The van der Waals surface area contributed by atoms with Crippen LogP contribution in [-0.2, 0) is 9.84 Å². The molecule has 3 rings (SSSR count). The van der Waals surface area contributed by atoms with Crippen molar-refractivity contribution >= 4 is 44.1 Å². The van der Waals surface area contributed by atoms with Crippen LogP contribution in [0.1, 0.15) is 5.56 Å². The van der Waals surface area contributed by atoms with Crippen molar-refractivity contribution in [3.8, 4) is 0 Å². The average molecular weight is 317 g/mol. The highest BCUT2D eigenvalue weighted by Crippen LogP contribution is 2.41. The first-order chi connectivity index (χ1) is 8.87. The van der Waals surface area contributed by atoms with Crippen LogP contribution >= 0.6 is 23.4 Å². The van der Waals surface area contributed by atoms with Crippen LogP contribution in [0, 0.1) is 12.3 Å². The van der Waals surface area contributed by atoms with Gasteiger partial charge in [-0.3, -0.25) is 5.41 Å². The predicted molar refractivity (Wildman–Crippen MR) is 80.2 cm³/mol. The van der Waals surface area contributed by atoms with E-state index < -0.39 is 9.84 Å². The molecule has 0 amide bonds. The Morgan fingerprint density at radius 2 is 2.16 bits per heavy atom. The summed E-state index contributed by atoms with van der Waals surface area (Å²) in [5.41, 5.74) is 1.84. The van der Waals surface area contributed by atoms with Crippen LogP contribution in [0.3, 0.4) is 0 Å². The second kappa shape index (κ2) is 4.40. The van der Waals surface area contributed by atoms with E-state index in [1.165, 1.54) is 11.8 Å². The molecule has 0 radical (unpaired) electrons. The van der Waals surface area contributed by atoms with Crippen molar-refractivity contribution in [1.82, 2.24) is 0 Å². The number of nitrogens with one attached hydrogen (secondary N) is 1. The van der Waals surface area contributed by atoms with Gasteiger partial charge in [-0.25, -0.2) is 8.42 Å². The summed E-state index contributed by atoms with van der Waals surface area (Å²) in [7, 11) is -2.98. The lowest BCUT2D eigenvalue weighted by molar-refractivity contribution is 0.601. The zero-order chi connectivity index (χ0) is 13.8. The van der Waals surface area contributed by atoms with Gasteiger partial charge in [0, 0.05) is 16.0 Å². The van der Waals surface area contributed by atoms with E-state index in [4.69, 9.17) is 17.0 Å². The summed E-state index contributed by atoms with van der Waals surface area (Å²) >= 11 is 7.36. The Bertz CT molecular complexity index is 660. The summed E-state index contributed by atoms with van der Waals surface area (Å²) in [5, 5.41) is 9.07. The van der Waals surface area contributed by atoms with Crippen LogP contribution in [0.25, 0.3) is 0 Å². The Balaban J connectivity index is 2.04. The van der Waals surface area contributed by atoms with Gasteiger partial charge in [0.2, 0.25) is 0 Å². The molecule has 2 fully saturated rings. The molecule has 4 nitrogen and oxygen atoms in total. The van der Waals surface area contributed by atoms with Crippen LogP contribution < -0.4 is 4.90 Å². The first-order valence-electron chi connectivity index (χ1n) is 5.88. The normalized spacial score (nSPS) is 28.7. The zero-order valence-electron chi connectivity index (χ0n) is 10.3. The summed E-state index contributed by atoms with van der Waals surface area (Å²) in [5.74, 6) is 0.291. The van der Waals surface area contributed by atoms with E-state index in [-0.39, 0.29) is 22.8 Å². The Morgan fingerprint density at radius 3 is 2.89 bits per heavy atom. The molecule has 0 bridgehead atoms. The highest BCUT2D eigenvalue weighted by molar-refractivity contribution is 8.15. The second-order valence-corrected chi connectivity index (χ2v) is 8.72. The standard InChI is InChI=1S/C12H13ClN2O2S2/c1-7-2-3-8(13)4-9(7)15-10-5-19(16,17)6-11(10)18-12(15)14/h2-4,10-11,14H,5-6H2,1H3/t10-,11+/m0/s1. The molecule has 19 heavy (non-hydrogen) atoms. The van der Waals surface area contributed by atoms with E-state index in [9.17, 15) is 8.42 Å². The van der Waals surface area contributed by atoms with Gasteiger partial charge in [-0.1, -0.05) is 29.4 Å². The SMILES string of the molecule is Cc1ccc(Cl)cc1N1C(=N)S[C@@H]2CS(=O)(=O)C[C@@H]21. The van der Waals surface area contributed by atoms with E-state index in [1.54, 1.807) is 12.1 Å². The fraction of sp³-hybridized carbons (Fsp3) is 0.417. The van der Waals surface area contributed by atoms with Crippen molar-refractivity contribution < 1.29 is 8.42 Å². The molecule has 7 heteroatoms. The molecule has 2 saturated heterocycles. The summed E-state index contributed by atoms with van der Waals surface area (Å²) in [6.07, 6.45) is 0. The number of sulfone groups is 1. The Hall–Kier alpha value is -0.720. The highest BCUT2D eigenvalue weighted by atomic mass is 35.5. The van der Waals surface area contributed by atoms with Gasteiger partial charge in [0.1, 0.15) is 0 Å². The van der Waals surface area contributed by atoms with E-state index in [0.717, 1.165) is 11.3 Å². The number of amidine groups is 1. The minimum absolute atomic E-state index is 0.0316. The van der Waals surface area contributed by atoms with Crippen molar-refractivity contribution in [2.45, 2.75) is 18.2 Å². The smallest absolute Gasteiger partial charge is 0.161 e. The lowest BCUT2D eigenvalue weighted by atomic mass is 10.1. The molecule has 102 valence electrons. The number of thioether (sulfide) groups is 1. The number of hydrogen-bond donors (Lipinski definition) is 1. The molecule has 0 aromatic heterocycles. The summed E-state index contributed by atoms with van der Waals surface area (Å²) in [6.45, 7) is 1.94. The molecular weight excluding hydrogens is 304 g/mol. The Kier molecular flexibility index (Phi) is 3.07. The maximum Gasteiger partial charge on any atom is 0.161 e. The molecule has 0 aliphatic carbocycles. The van der Waals surface area contributed by atoms with Crippen LogP contribution in [0.15, 0.2) is 18.2 Å². The van der Waals surface area contributed by atoms with Gasteiger partial charge in [0.05, 0.1) is 17.5 Å². The molecule has 0 unspecified atom stereocenters. The Morgan fingerprint density at radius 1 is 1.42 bits per heavy atom. The molecule has 2 aliphatic heterocycles. The number of nitrogens with zero attached hydrogens (tertiary/aromatic N) is 1. The van der Waals surface area contributed by atoms with Crippen molar-refractivity contribution in [3.05, 3.63) is 28.8 Å². The van der Waals surface area contributed by atoms with E-state index in [2.05, 4.69) is 0 Å². The first kappa shape index (κ1) is 13.3. The summed E-state index contributed by atoms with van der Waals surface area (Å²) < 4.78 is 23.5. The fourth-order valence-corrected chi connectivity index (χ4v) is 6.58. The highest BCUT2D eigenvalue weighted by Gasteiger charge is 2.48. The quantitative estimate of drug-likeness (QED) is 0.863. The minimum Gasteiger partial charge on any atom is -0.316 e. The number of benzene rings is 1. The monoisotopic (exact) mass is 316 g/mol. The van der Waals surface area contributed by atoms with Crippen molar-refractivity contribution in [3.63, 3.8) is 0 Å². The van der Waals surface area contributed by atoms with Gasteiger partial charge in [-0.2, -0.15) is 0 Å². The third kappa shape index (κ3) is 2.26. The molecule has 2 heterocycles. The van der Waals surface area contributed by atoms with E-state index in [0.29, 0.717) is 10.2 Å². The van der Waals surface area contributed by atoms with Gasteiger partial charge < -0.3 is 4.90 Å². The largest absolute Gasteiger partial charge is 0.316 e. The summed E-state index contributed by atoms with van der Waals surface area (Å²) in [6, 6.07) is 5.36. The van der Waals surface area contributed by atoms with Crippen molar-refractivity contribution in [2.24, 2.45) is 0 Å². The van der Waals surface area contributed by atoms with Crippen molar-refractivity contribution in [1.29, 1.82) is 5.41 Å². The van der Waals surface area contributed by atoms with Gasteiger partial charge >= 0.3 is 0 Å². The maximum absolute atomic E-state index is 11.7. The number of rotatable bonds is 1. The van der Waals surface area contributed by atoms with Gasteiger partial charge in [-0.15, -0.1) is 0 Å². The number of halogens is 1. The van der Waals surface area contributed by atoms with Gasteiger partial charge in [0.25, 0.3) is 0 Å². The van der Waals surface area contributed by atoms with Crippen molar-refractivity contribution in [2.75, 3.05) is 16.4 Å². The molecular formula is C12H13ClN2O2S2. The number of fused-ring (bicyclic) bond motifs is 1. The average Bonchev–Trinajstić information content (AvgIpc) is 2.73. The van der Waals surface area contributed by atoms with Crippen LogP contribution in [0.5, 0.6) is 0 Å². The number of anilines is 1. The number of hydrogen-bond acceptors (Lipinski definition) is 4. The van der Waals surface area contributed by atoms with Crippen LogP contribution in [0.2, 0.25) is 5.02 Å². The van der Waals surface area contributed by atoms with Crippen LogP contribution in [-0.4, -0.2) is 36.4 Å². The molecule has 2 atom stereocenters. The van der Waals surface area contributed by atoms with E-state index in [1.807, 2.05) is 17.9 Å². The maximum atomic E-state index is 11.7. The molecule has 0 spiro atoms. The molecule has 1 N–H and O–H groups in total. The Labute approximate surface area is 121 Å². The van der Waals surface area contributed by atoms with Crippen LogP contribution in [0.4, 0.5) is 5.69 Å². The van der Waals surface area contributed by atoms with E-state index >= 15 is 0 Å². The topological polar surface area (TPSA) is 61.2 Å². The minimum atomic E-state index is -2.98. The molecule has 1 aromatic rings. The molecule has 0 saturated carbocycles. The molecule has 2 aliphatic rings. The predicted octanol–water partition coefficient (Wildman–Crippen LogP) is 2.30. The zero-order valence-corrected chi connectivity index (χ0v) is 12.6. The van der Waals surface area contributed by atoms with Gasteiger partial charge in [-0.05, 0) is 24.6 Å². The third-order valence-electron chi connectivity index (χ3n) is 3.52. The fourth-order valence-electron chi connectivity index (χ4n) is 2.63. The first-order valence-corrected chi connectivity index (χ1v) is 8.96. The lowest BCUT2D eigenvalue weighted by Crippen LogP contribution is -2.37. The number of aryl methyl sites for hydroxylation is 1. The van der Waals surface area contributed by atoms with Gasteiger partial charge in [0.15, 0.2) is 15.0 Å².